The highest BCUT2D eigenvalue weighted by atomic mass is 32.2. The molecule has 1 aromatic carbocycles. The van der Waals surface area contributed by atoms with Gasteiger partial charge in [0.05, 0.1) is 4.92 Å². The molecule has 20 heavy (non-hydrogen) atoms. The second-order valence-electron chi connectivity index (χ2n) is 5.30. The Hall–Kier alpha value is -1.67. The Balaban J connectivity index is 3.45. The third kappa shape index (κ3) is 3.91. The molecule has 1 aromatic rings. The maximum absolute atomic E-state index is 12.3. The van der Waals surface area contributed by atoms with Crippen LogP contribution < -0.4 is 10.0 Å². The van der Waals surface area contributed by atoms with Crippen LogP contribution in [0.15, 0.2) is 23.1 Å². The van der Waals surface area contributed by atoms with Crippen LogP contribution in [0.4, 0.5) is 11.4 Å². The van der Waals surface area contributed by atoms with Crippen molar-refractivity contribution in [3.63, 3.8) is 0 Å². The van der Waals surface area contributed by atoms with Gasteiger partial charge in [0.2, 0.25) is 10.0 Å². The molecule has 8 heteroatoms. The lowest BCUT2D eigenvalue weighted by Crippen LogP contribution is -2.40. The Morgan fingerprint density at radius 2 is 1.90 bits per heavy atom. The van der Waals surface area contributed by atoms with Crippen molar-refractivity contribution in [1.82, 2.24) is 4.72 Å². The van der Waals surface area contributed by atoms with Gasteiger partial charge in [0.1, 0.15) is 5.69 Å². The van der Waals surface area contributed by atoms with E-state index in [2.05, 4.69) is 10.0 Å². The number of sulfonamides is 1. The van der Waals surface area contributed by atoms with Crippen LogP contribution in [0.5, 0.6) is 0 Å². The van der Waals surface area contributed by atoms with Gasteiger partial charge in [-0.3, -0.25) is 10.1 Å². The third-order valence-electron chi connectivity index (χ3n) is 2.28. The van der Waals surface area contributed by atoms with Crippen LogP contribution in [-0.2, 0) is 10.0 Å². The monoisotopic (exact) mass is 301 g/mol. The lowest BCUT2D eigenvalue weighted by molar-refractivity contribution is -0.386. The van der Waals surface area contributed by atoms with Gasteiger partial charge in [0.15, 0.2) is 4.90 Å². The van der Waals surface area contributed by atoms with Crippen molar-refractivity contribution in [2.24, 2.45) is 0 Å². The summed E-state index contributed by atoms with van der Waals surface area (Å²) in [6, 6.07) is 4.19. The maximum atomic E-state index is 12.3. The summed E-state index contributed by atoms with van der Waals surface area (Å²) in [4.78, 5) is 10.2. The molecular formula is C12H19N3O4S. The van der Waals surface area contributed by atoms with E-state index in [1.54, 1.807) is 27.7 Å². The molecule has 0 heterocycles. The molecule has 0 unspecified atom stereocenters. The average molecular weight is 301 g/mol. The van der Waals surface area contributed by atoms with E-state index in [4.69, 9.17) is 0 Å². The number of hydrogen-bond acceptors (Lipinski definition) is 5. The minimum Gasteiger partial charge on any atom is -0.380 e. The Bertz CT molecular complexity index is 606. The third-order valence-corrected chi connectivity index (χ3v) is 4.07. The first kappa shape index (κ1) is 16.4. The maximum Gasteiger partial charge on any atom is 0.312 e. The Morgan fingerprint density at radius 3 is 2.35 bits per heavy atom. The van der Waals surface area contributed by atoms with Gasteiger partial charge in [-0.2, -0.15) is 0 Å². The first-order chi connectivity index (χ1) is 9.08. The van der Waals surface area contributed by atoms with E-state index in [-0.39, 0.29) is 10.6 Å². The van der Waals surface area contributed by atoms with Crippen molar-refractivity contribution < 1.29 is 13.3 Å². The molecule has 0 aliphatic rings. The normalized spacial score (nSPS) is 12.2. The molecule has 0 spiro atoms. The highest BCUT2D eigenvalue weighted by Gasteiger charge is 2.31. The molecule has 0 saturated heterocycles. The zero-order chi connectivity index (χ0) is 15.6. The summed E-state index contributed by atoms with van der Waals surface area (Å²) in [6.45, 7) is 7.24. The number of nitro groups is 1. The van der Waals surface area contributed by atoms with Crippen LogP contribution in [0.25, 0.3) is 0 Å². The Labute approximate surface area is 118 Å². The highest BCUT2D eigenvalue weighted by Crippen LogP contribution is 2.32. The lowest BCUT2D eigenvalue weighted by atomic mass is 10.1. The van der Waals surface area contributed by atoms with E-state index in [1.165, 1.54) is 18.2 Å². The predicted molar refractivity (Wildman–Crippen MR) is 77.3 cm³/mol. The molecule has 0 aromatic heterocycles. The molecule has 0 fully saturated rings. The number of nitrogens with zero attached hydrogens (tertiary/aromatic N) is 1. The molecular weight excluding hydrogens is 282 g/mol. The Morgan fingerprint density at radius 1 is 1.30 bits per heavy atom. The van der Waals surface area contributed by atoms with Crippen LogP contribution in [0, 0.1) is 10.1 Å². The molecule has 0 aliphatic carbocycles. The fourth-order valence-electron chi connectivity index (χ4n) is 1.72. The molecule has 0 aliphatic heterocycles. The van der Waals surface area contributed by atoms with Gasteiger partial charge in [0, 0.05) is 12.1 Å². The quantitative estimate of drug-likeness (QED) is 0.640. The number of anilines is 1. The summed E-state index contributed by atoms with van der Waals surface area (Å²) >= 11 is 0. The topological polar surface area (TPSA) is 101 Å². The van der Waals surface area contributed by atoms with Crippen molar-refractivity contribution >= 4 is 21.4 Å². The zero-order valence-corrected chi connectivity index (χ0v) is 12.7. The van der Waals surface area contributed by atoms with Crippen molar-refractivity contribution in [1.29, 1.82) is 0 Å². The Kier molecular flexibility index (Phi) is 4.72. The first-order valence-corrected chi connectivity index (χ1v) is 7.62. The number of hydrogen-bond donors (Lipinski definition) is 2. The summed E-state index contributed by atoms with van der Waals surface area (Å²) in [6.07, 6.45) is 0. The van der Waals surface area contributed by atoms with Crippen LogP contribution >= 0.6 is 0 Å². The molecule has 0 radical (unpaired) electrons. The average Bonchev–Trinajstić information content (AvgIpc) is 2.25. The largest absolute Gasteiger partial charge is 0.380 e. The first-order valence-electron chi connectivity index (χ1n) is 6.14. The van der Waals surface area contributed by atoms with E-state index >= 15 is 0 Å². The summed E-state index contributed by atoms with van der Waals surface area (Å²) in [5.41, 5.74) is -0.971. The fraction of sp³-hybridized carbons (Fsp3) is 0.500. The van der Waals surface area contributed by atoms with Gasteiger partial charge >= 0.3 is 5.69 Å². The van der Waals surface area contributed by atoms with E-state index < -0.39 is 26.2 Å². The SMILES string of the molecule is CCNc1cccc(S(=O)(=O)NC(C)(C)C)c1[N+](=O)[O-]. The molecule has 0 amide bonds. The molecule has 2 N–H and O–H groups in total. The van der Waals surface area contributed by atoms with Gasteiger partial charge in [-0.15, -0.1) is 0 Å². The molecule has 112 valence electrons. The minimum absolute atomic E-state index is 0.189. The van der Waals surface area contributed by atoms with E-state index in [0.717, 1.165) is 0 Å². The summed E-state index contributed by atoms with van der Waals surface area (Å²) in [5.74, 6) is 0. The van der Waals surface area contributed by atoms with E-state index in [0.29, 0.717) is 6.54 Å². The van der Waals surface area contributed by atoms with Crippen LogP contribution in [0.2, 0.25) is 0 Å². The van der Waals surface area contributed by atoms with Crippen LogP contribution in [-0.4, -0.2) is 25.4 Å². The van der Waals surface area contributed by atoms with E-state index in [1.807, 2.05) is 0 Å². The lowest BCUT2D eigenvalue weighted by Gasteiger charge is -2.20. The molecule has 1 rings (SSSR count). The zero-order valence-electron chi connectivity index (χ0n) is 11.9. The van der Waals surface area contributed by atoms with Gasteiger partial charge in [0.25, 0.3) is 0 Å². The predicted octanol–water partition coefficient (Wildman–Crippen LogP) is 2.10. The second-order valence-corrected chi connectivity index (χ2v) is 6.95. The van der Waals surface area contributed by atoms with Crippen molar-refractivity contribution in [2.45, 2.75) is 38.1 Å². The minimum atomic E-state index is -3.97. The number of nitrogens with one attached hydrogen (secondary N) is 2. The van der Waals surface area contributed by atoms with Crippen molar-refractivity contribution in [2.75, 3.05) is 11.9 Å². The highest BCUT2D eigenvalue weighted by molar-refractivity contribution is 7.89. The standard InChI is InChI=1S/C12H19N3O4S/c1-5-13-9-7-6-8-10(11(9)15(16)17)20(18,19)14-12(2,3)4/h6-8,13-14H,5H2,1-4H3. The molecule has 0 saturated carbocycles. The van der Waals surface area contributed by atoms with Crippen molar-refractivity contribution in [3.05, 3.63) is 28.3 Å². The van der Waals surface area contributed by atoms with Crippen LogP contribution in [0.1, 0.15) is 27.7 Å². The number of benzene rings is 1. The number of nitro benzene ring substituents is 1. The van der Waals surface area contributed by atoms with Crippen LogP contribution in [0.3, 0.4) is 0 Å². The number of para-hydroxylation sites is 1. The molecule has 0 bridgehead atoms. The smallest absolute Gasteiger partial charge is 0.312 e. The second kappa shape index (κ2) is 5.76. The van der Waals surface area contributed by atoms with Gasteiger partial charge in [-0.05, 0) is 39.8 Å². The molecule has 7 nitrogen and oxygen atoms in total. The van der Waals surface area contributed by atoms with Gasteiger partial charge < -0.3 is 5.32 Å². The number of rotatable bonds is 5. The van der Waals surface area contributed by atoms with Crippen molar-refractivity contribution in [3.8, 4) is 0 Å². The van der Waals surface area contributed by atoms with E-state index in [9.17, 15) is 18.5 Å². The van der Waals surface area contributed by atoms with Gasteiger partial charge in [-0.25, -0.2) is 13.1 Å². The fourth-order valence-corrected chi connectivity index (χ4v) is 3.33. The summed E-state index contributed by atoms with van der Waals surface area (Å²) in [5, 5.41) is 14.0. The van der Waals surface area contributed by atoms with Gasteiger partial charge in [-0.1, -0.05) is 6.07 Å². The molecule has 0 atom stereocenters. The summed E-state index contributed by atoms with van der Waals surface area (Å²) < 4.78 is 27.0. The summed E-state index contributed by atoms with van der Waals surface area (Å²) in [7, 11) is -3.97.